The van der Waals surface area contributed by atoms with E-state index in [-0.39, 0.29) is 18.2 Å². The average Bonchev–Trinajstić information content (AvgIpc) is 2.70. The van der Waals surface area contributed by atoms with Gasteiger partial charge in [-0.15, -0.1) is 0 Å². The zero-order valence-corrected chi connectivity index (χ0v) is 14.8. The van der Waals surface area contributed by atoms with Gasteiger partial charge >= 0.3 is 0 Å². The van der Waals surface area contributed by atoms with Crippen LogP contribution in [0.2, 0.25) is 0 Å². The smallest absolute Gasteiger partial charge is 0.263 e. The molecular weight excluding hydrogens is 344 g/mol. The predicted octanol–water partition coefficient (Wildman–Crippen LogP) is 0.956. The number of amidine groups is 1. The van der Waals surface area contributed by atoms with Gasteiger partial charge in [-0.05, 0) is 24.6 Å². The van der Waals surface area contributed by atoms with Crippen molar-refractivity contribution in [3.8, 4) is 0 Å². The molecule has 1 unspecified atom stereocenters. The third-order valence-electron chi connectivity index (χ3n) is 3.98. The molecule has 0 saturated heterocycles. The van der Waals surface area contributed by atoms with Crippen molar-refractivity contribution in [2.75, 3.05) is 0 Å². The van der Waals surface area contributed by atoms with E-state index >= 15 is 0 Å². The van der Waals surface area contributed by atoms with Crippen LogP contribution in [-0.4, -0.2) is 34.4 Å². The highest BCUT2D eigenvalue weighted by atomic mass is 16.2. The van der Waals surface area contributed by atoms with E-state index in [1.165, 1.54) is 0 Å². The van der Waals surface area contributed by atoms with E-state index in [2.05, 4.69) is 31.4 Å². The van der Waals surface area contributed by atoms with Gasteiger partial charge in [0.25, 0.3) is 5.91 Å². The summed E-state index contributed by atoms with van der Waals surface area (Å²) < 4.78 is 0. The first kappa shape index (κ1) is 18.2. The Bertz CT molecular complexity index is 864. The highest BCUT2D eigenvalue weighted by Crippen LogP contribution is 2.07. The van der Waals surface area contributed by atoms with Crippen molar-refractivity contribution in [1.82, 2.24) is 21.3 Å². The fourth-order valence-electron chi connectivity index (χ4n) is 2.54. The molecule has 2 heterocycles. The zero-order valence-electron chi connectivity index (χ0n) is 14.8. The van der Waals surface area contributed by atoms with E-state index in [0.717, 1.165) is 11.1 Å². The molecule has 27 heavy (non-hydrogen) atoms. The number of carbonyl (C=O) groups excluding carboxylic acids is 2. The van der Waals surface area contributed by atoms with Crippen LogP contribution in [0.5, 0.6) is 0 Å². The molecule has 0 saturated carbocycles. The maximum Gasteiger partial charge on any atom is 0.263 e. The second kappa shape index (κ2) is 8.70. The molecule has 0 fully saturated rings. The maximum atomic E-state index is 12.2. The molecule has 1 atom stereocenters. The average molecular weight is 364 g/mol. The van der Waals surface area contributed by atoms with Crippen molar-refractivity contribution in [2.24, 2.45) is 10.1 Å². The molecule has 0 spiro atoms. The van der Waals surface area contributed by atoms with Gasteiger partial charge in [-0.1, -0.05) is 30.3 Å². The van der Waals surface area contributed by atoms with Crippen molar-refractivity contribution in [2.45, 2.75) is 25.8 Å². The predicted molar refractivity (Wildman–Crippen MR) is 102 cm³/mol. The largest absolute Gasteiger partial charge is 0.285 e. The highest BCUT2D eigenvalue weighted by molar-refractivity contribution is 6.00. The van der Waals surface area contributed by atoms with Crippen LogP contribution in [0.25, 0.3) is 0 Å². The van der Waals surface area contributed by atoms with Gasteiger partial charge < -0.3 is 0 Å². The molecule has 8 heteroatoms. The summed E-state index contributed by atoms with van der Waals surface area (Å²) in [5.74, 6) is -0.125. The normalized spacial score (nSPS) is 16.8. The van der Waals surface area contributed by atoms with E-state index in [4.69, 9.17) is 0 Å². The molecule has 0 bridgehead atoms. The minimum absolute atomic E-state index is 0.0844. The molecule has 8 nitrogen and oxygen atoms in total. The summed E-state index contributed by atoms with van der Waals surface area (Å²) in [5.41, 5.74) is 10.4. The van der Waals surface area contributed by atoms with Crippen molar-refractivity contribution in [1.29, 1.82) is 0 Å². The Morgan fingerprint density at radius 3 is 2.63 bits per heavy atom. The lowest BCUT2D eigenvalue weighted by atomic mass is 10.1. The summed E-state index contributed by atoms with van der Waals surface area (Å²) in [4.78, 5) is 32.4. The number of aliphatic imine (C=N–C) groups is 1. The Morgan fingerprint density at radius 2 is 1.89 bits per heavy atom. The van der Waals surface area contributed by atoms with Crippen LogP contribution >= 0.6 is 0 Å². The minimum atomic E-state index is -0.790. The van der Waals surface area contributed by atoms with Gasteiger partial charge in [-0.3, -0.25) is 30.4 Å². The first-order chi connectivity index (χ1) is 13.1. The number of carbonyl (C=O) groups is 2. The number of benzene rings is 1. The number of hydrazine groups is 1. The zero-order chi connectivity index (χ0) is 19.1. The second-order valence-electron chi connectivity index (χ2n) is 6.04. The lowest BCUT2D eigenvalue weighted by molar-refractivity contribution is -0.128. The summed E-state index contributed by atoms with van der Waals surface area (Å²) in [7, 11) is 0. The molecule has 2 aromatic rings. The highest BCUT2D eigenvalue weighted by Gasteiger charge is 2.25. The molecule has 0 aliphatic carbocycles. The van der Waals surface area contributed by atoms with Crippen molar-refractivity contribution in [3.05, 3.63) is 66.0 Å². The maximum absolute atomic E-state index is 12.2. The third kappa shape index (κ3) is 5.21. The topological polar surface area (TPSA) is 108 Å². The standard InChI is InChI=1S/C19H20N6O2/c1-13(15-7-9-20-10-8-15)22-24-18(26)12-16-19(27)25-23-17(21-16)11-14-5-3-2-4-6-14/h2-10,16H,11-12H2,1H3,(H,21,23)(H,24,26)(H,25,27)/b22-13-. The summed E-state index contributed by atoms with van der Waals surface area (Å²) in [6.07, 6.45) is 3.76. The number of nitrogens with zero attached hydrogens (tertiary/aromatic N) is 3. The molecular formula is C19H20N6O2. The van der Waals surface area contributed by atoms with Gasteiger partial charge in [-0.25, -0.2) is 5.43 Å². The summed E-state index contributed by atoms with van der Waals surface area (Å²) in [5, 5.41) is 4.07. The molecule has 1 aromatic carbocycles. The number of rotatable bonds is 6. The van der Waals surface area contributed by atoms with E-state index in [1.807, 2.05) is 30.3 Å². The van der Waals surface area contributed by atoms with Gasteiger partial charge in [0, 0.05) is 24.4 Å². The third-order valence-corrected chi connectivity index (χ3v) is 3.98. The quantitative estimate of drug-likeness (QED) is 0.524. The van der Waals surface area contributed by atoms with Crippen LogP contribution in [0.4, 0.5) is 0 Å². The number of nitrogens with one attached hydrogen (secondary N) is 3. The van der Waals surface area contributed by atoms with Crippen LogP contribution in [0, 0.1) is 0 Å². The summed E-state index contributed by atoms with van der Waals surface area (Å²) >= 11 is 0. The lowest BCUT2D eigenvalue weighted by Crippen LogP contribution is -2.52. The Balaban J connectivity index is 1.60. The number of aromatic nitrogens is 1. The molecule has 1 aromatic heterocycles. The van der Waals surface area contributed by atoms with E-state index in [1.54, 1.807) is 31.5 Å². The summed E-state index contributed by atoms with van der Waals surface area (Å²) in [6.45, 7) is 1.78. The number of hydrogen-bond acceptors (Lipinski definition) is 6. The monoisotopic (exact) mass is 364 g/mol. The van der Waals surface area contributed by atoms with Crippen LogP contribution in [0.3, 0.4) is 0 Å². The molecule has 2 amide bonds. The van der Waals surface area contributed by atoms with Crippen molar-refractivity contribution in [3.63, 3.8) is 0 Å². The Kier molecular flexibility index (Phi) is 5.88. The first-order valence-corrected chi connectivity index (χ1v) is 8.52. The second-order valence-corrected chi connectivity index (χ2v) is 6.04. The Labute approximate surface area is 156 Å². The van der Waals surface area contributed by atoms with Crippen LogP contribution < -0.4 is 16.3 Å². The number of hydrazone groups is 1. The van der Waals surface area contributed by atoms with Crippen molar-refractivity contribution >= 4 is 23.4 Å². The van der Waals surface area contributed by atoms with Gasteiger partial charge in [0.05, 0.1) is 12.1 Å². The SMILES string of the molecule is C/C(=N/NC(=O)CC1N=C(Cc2ccccc2)NNC1=O)c1ccncc1. The summed E-state index contributed by atoms with van der Waals surface area (Å²) in [6, 6.07) is 12.6. The van der Waals surface area contributed by atoms with Crippen molar-refractivity contribution < 1.29 is 9.59 Å². The van der Waals surface area contributed by atoms with Crippen LogP contribution in [-0.2, 0) is 16.0 Å². The molecule has 1 aliphatic rings. The van der Waals surface area contributed by atoms with E-state index in [0.29, 0.717) is 18.0 Å². The molecule has 3 N–H and O–H groups in total. The Hall–Kier alpha value is -3.55. The number of pyridine rings is 1. The van der Waals surface area contributed by atoms with E-state index in [9.17, 15) is 9.59 Å². The van der Waals surface area contributed by atoms with Crippen LogP contribution in [0.15, 0.2) is 65.0 Å². The van der Waals surface area contributed by atoms with Gasteiger partial charge in [0.2, 0.25) is 5.91 Å². The number of hydrogen-bond donors (Lipinski definition) is 3. The molecule has 3 rings (SSSR count). The molecule has 138 valence electrons. The van der Waals surface area contributed by atoms with Gasteiger partial charge in [-0.2, -0.15) is 5.10 Å². The van der Waals surface area contributed by atoms with E-state index < -0.39 is 6.04 Å². The number of amides is 2. The van der Waals surface area contributed by atoms with Gasteiger partial charge in [0.1, 0.15) is 11.9 Å². The Morgan fingerprint density at radius 1 is 1.15 bits per heavy atom. The first-order valence-electron chi connectivity index (χ1n) is 8.52. The van der Waals surface area contributed by atoms with Gasteiger partial charge in [0.15, 0.2) is 0 Å². The molecule has 0 radical (unpaired) electrons. The fourth-order valence-corrected chi connectivity index (χ4v) is 2.54. The minimum Gasteiger partial charge on any atom is -0.285 e. The lowest BCUT2D eigenvalue weighted by Gasteiger charge is -2.21. The molecule has 1 aliphatic heterocycles. The van der Waals surface area contributed by atoms with Crippen LogP contribution in [0.1, 0.15) is 24.5 Å². The fraction of sp³-hybridized carbons (Fsp3) is 0.211.